The molecular weight excluding hydrogens is 331 g/mol. The van der Waals surface area contributed by atoms with Gasteiger partial charge in [-0.15, -0.1) is 0 Å². The van der Waals surface area contributed by atoms with Crippen LogP contribution in [-0.2, 0) is 18.0 Å². The Labute approximate surface area is 107 Å². The Morgan fingerprint density at radius 1 is 0.714 bits per heavy atom. The summed E-state index contributed by atoms with van der Waals surface area (Å²) in [5.41, 5.74) is -9.26. The number of rotatable bonds is 0. The summed E-state index contributed by atoms with van der Waals surface area (Å²) < 4.78 is 142. The van der Waals surface area contributed by atoms with Crippen molar-refractivity contribution in [2.75, 3.05) is 0 Å². The van der Waals surface area contributed by atoms with E-state index in [-0.39, 0.29) is 0 Å². The van der Waals surface area contributed by atoms with Crippen LogP contribution < -0.4 is 0 Å². The Bertz CT molecular complexity index is 615. The molecule has 0 radical (unpaired) electrons. The highest BCUT2D eigenvalue weighted by Crippen LogP contribution is 2.65. The Morgan fingerprint density at radius 3 is 1.57 bits per heavy atom. The molecule has 0 N–H and O–H groups in total. The molecule has 0 unspecified atom stereocenters. The third kappa shape index (κ3) is 1.67. The maximum Gasteiger partial charge on any atom is 0.421 e. The molecule has 1 aromatic heterocycles. The molecule has 1 aliphatic carbocycles. The molecule has 0 bridgehead atoms. The predicted molar refractivity (Wildman–Crippen MR) is 41.9 cm³/mol. The largest absolute Gasteiger partial charge is 0.421 e. The molecule has 0 aliphatic heterocycles. The second-order valence-electron chi connectivity index (χ2n) is 4.04. The van der Waals surface area contributed by atoms with Crippen LogP contribution in [-0.4, -0.2) is 10.9 Å². The van der Waals surface area contributed by atoms with E-state index in [0.29, 0.717) is 0 Å². The SMILES string of the molecule is Fc1nc(F)c2c(c1C(F)(F)F)C(F)(F)C(F)(F)C2(F)F. The summed E-state index contributed by atoms with van der Waals surface area (Å²) in [6.45, 7) is 0. The standard InChI is InChI=1S/C9F11N/c10-4-2-1(3(5(11)21-4)8(16,17)18)6(12,13)9(19,20)7(2,14)15. The number of hydrogen-bond acceptors (Lipinski definition) is 1. The van der Waals surface area contributed by atoms with E-state index in [4.69, 9.17) is 0 Å². The maximum atomic E-state index is 13.3. The minimum atomic E-state index is -6.38. The van der Waals surface area contributed by atoms with Crippen LogP contribution in [0.25, 0.3) is 0 Å². The molecule has 0 saturated heterocycles. The molecule has 2 rings (SSSR count). The van der Waals surface area contributed by atoms with E-state index in [1.54, 1.807) is 4.98 Å². The lowest BCUT2D eigenvalue weighted by molar-refractivity contribution is -0.303. The number of alkyl halides is 9. The first-order valence-electron chi connectivity index (χ1n) is 4.78. The molecule has 1 aromatic rings. The zero-order valence-electron chi connectivity index (χ0n) is 9.10. The molecule has 0 saturated carbocycles. The van der Waals surface area contributed by atoms with E-state index in [9.17, 15) is 48.3 Å². The number of fused-ring (bicyclic) bond motifs is 1. The lowest BCUT2D eigenvalue weighted by atomic mass is 10.0. The van der Waals surface area contributed by atoms with Gasteiger partial charge in [0.25, 0.3) is 0 Å². The molecule has 0 amide bonds. The van der Waals surface area contributed by atoms with Crippen LogP contribution in [0.3, 0.4) is 0 Å². The predicted octanol–water partition coefficient (Wildman–Crippen LogP) is 4.21. The first kappa shape index (κ1) is 15.8. The van der Waals surface area contributed by atoms with Crippen LogP contribution in [0, 0.1) is 11.9 Å². The van der Waals surface area contributed by atoms with Crippen molar-refractivity contribution < 1.29 is 48.3 Å². The molecule has 118 valence electrons. The van der Waals surface area contributed by atoms with Gasteiger partial charge < -0.3 is 0 Å². The first-order chi connectivity index (χ1) is 9.17. The van der Waals surface area contributed by atoms with Crippen molar-refractivity contribution in [2.45, 2.75) is 23.9 Å². The van der Waals surface area contributed by atoms with Crippen molar-refractivity contribution in [1.82, 2.24) is 4.98 Å². The summed E-state index contributed by atoms with van der Waals surface area (Å²) in [5.74, 6) is -24.3. The maximum absolute atomic E-state index is 13.3. The number of aromatic nitrogens is 1. The van der Waals surface area contributed by atoms with E-state index in [2.05, 4.69) is 0 Å². The summed E-state index contributed by atoms with van der Waals surface area (Å²) >= 11 is 0. The highest BCUT2D eigenvalue weighted by Gasteiger charge is 2.81. The van der Waals surface area contributed by atoms with E-state index < -0.39 is 52.5 Å². The van der Waals surface area contributed by atoms with E-state index in [0.717, 1.165) is 0 Å². The molecule has 12 heteroatoms. The van der Waals surface area contributed by atoms with E-state index in [1.807, 2.05) is 0 Å². The number of halogens is 11. The normalized spacial score (nSPS) is 22.2. The minimum absolute atomic E-state index is 1.74. The number of nitrogens with zero attached hydrogens (tertiary/aromatic N) is 1. The summed E-state index contributed by atoms with van der Waals surface area (Å²) in [6, 6.07) is 0. The topological polar surface area (TPSA) is 12.9 Å². The highest BCUT2D eigenvalue weighted by molar-refractivity contribution is 5.49. The molecule has 0 fully saturated rings. The van der Waals surface area contributed by atoms with Crippen LogP contribution >= 0.6 is 0 Å². The fourth-order valence-electron chi connectivity index (χ4n) is 1.90. The van der Waals surface area contributed by atoms with Crippen molar-refractivity contribution in [3.8, 4) is 0 Å². The number of hydrogen-bond donors (Lipinski definition) is 0. The third-order valence-corrected chi connectivity index (χ3v) is 2.81. The van der Waals surface area contributed by atoms with Gasteiger partial charge in [-0.1, -0.05) is 0 Å². The van der Waals surface area contributed by atoms with Gasteiger partial charge in [-0.2, -0.15) is 53.3 Å². The number of pyridine rings is 1. The molecule has 21 heavy (non-hydrogen) atoms. The smallest absolute Gasteiger partial charge is 0.194 e. The van der Waals surface area contributed by atoms with Crippen LogP contribution in [0.5, 0.6) is 0 Å². The monoisotopic (exact) mass is 331 g/mol. The van der Waals surface area contributed by atoms with Crippen molar-refractivity contribution in [2.24, 2.45) is 0 Å². The molecule has 0 aromatic carbocycles. The van der Waals surface area contributed by atoms with Gasteiger partial charge in [-0.3, -0.25) is 0 Å². The second-order valence-corrected chi connectivity index (χ2v) is 4.04. The van der Waals surface area contributed by atoms with Gasteiger partial charge in [0.1, 0.15) is 5.56 Å². The van der Waals surface area contributed by atoms with Crippen molar-refractivity contribution in [3.05, 3.63) is 28.6 Å². The lowest BCUT2D eigenvalue weighted by Crippen LogP contribution is -2.44. The molecule has 0 atom stereocenters. The average Bonchev–Trinajstić information content (AvgIpc) is 2.33. The molecule has 1 nitrogen and oxygen atoms in total. The van der Waals surface area contributed by atoms with Crippen molar-refractivity contribution in [1.29, 1.82) is 0 Å². The average molecular weight is 331 g/mol. The molecule has 0 spiro atoms. The highest BCUT2D eigenvalue weighted by atomic mass is 19.4. The summed E-state index contributed by atoms with van der Waals surface area (Å²) in [6.07, 6.45) is -6.06. The zero-order valence-corrected chi connectivity index (χ0v) is 9.10. The molecule has 1 heterocycles. The van der Waals surface area contributed by atoms with E-state index >= 15 is 0 Å². The Balaban J connectivity index is 3.03. The van der Waals surface area contributed by atoms with Crippen molar-refractivity contribution in [3.63, 3.8) is 0 Å². The third-order valence-electron chi connectivity index (χ3n) is 2.81. The van der Waals surface area contributed by atoms with Gasteiger partial charge in [-0.05, 0) is 0 Å². The summed E-state index contributed by atoms with van der Waals surface area (Å²) in [7, 11) is 0. The van der Waals surface area contributed by atoms with Gasteiger partial charge in [0.15, 0.2) is 0 Å². The van der Waals surface area contributed by atoms with E-state index in [1.165, 1.54) is 0 Å². The minimum Gasteiger partial charge on any atom is -0.194 e. The zero-order chi connectivity index (χ0) is 16.6. The molecule has 1 aliphatic rings. The lowest BCUT2D eigenvalue weighted by Gasteiger charge is -2.23. The Hall–Kier alpha value is -1.62. The summed E-state index contributed by atoms with van der Waals surface area (Å²) in [5, 5.41) is 0. The summed E-state index contributed by atoms with van der Waals surface area (Å²) in [4.78, 5) is 1.74. The van der Waals surface area contributed by atoms with Crippen LogP contribution in [0.2, 0.25) is 0 Å². The van der Waals surface area contributed by atoms with Gasteiger partial charge in [0.2, 0.25) is 11.9 Å². The molecular formula is C9F11N. The fraction of sp³-hybridized carbons (Fsp3) is 0.444. The Morgan fingerprint density at radius 2 is 1.14 bits per heavy atom. The van der Waals surface area contributed by atoms with Gasteiger partial charge in [0, 0.05) is 0 Å². The Kier molecular flexibility index (Phi) is 2.83. The van der Waals surface area contributed by atoms with Crippen LogP contribution in [0.4, 0.5) is 48.3 Å². The quantitative estimate of drug-likeness (QED) is 0.513. The first-order valence-corrected chi connectivity index (χ1v) is 4.78. The second kappa shape index (κ2) is 3.77. The van der Waals surface area contributed by atoms with Gasteiger partial charge >= 0.3 is 23.9 Å². The van der Waals surface area contributed by atoms with Crippen molar-refractivity contribution >= 4 is 0 Å². The van der Waals surface area contributed by atoms with Crippen LogP contribution in [0.15, 0.2) is 0 Å². The fourth-order valence-corrected chi connectivity index (χ4v) is 1.90. The van der Waals surface area contributed by atoms with Gasteiger partial charge in [-0.25, -0.2) is 0 Å². The van der Waals surface area contributed by atoms with Crippen LogP contribution in [0.1, 0.15) is 16.7 Å². The van der Waals surface area contributed by atoms with Gasteiger partial charge in [0.05, 0.1) is 11.1 Å².